The molecular weight excluding hydrogens is 290 g/mol. The van der Waals surface area contributed by atoms with Gasteiger partial charge in [-0.1, -0.05) is 17.7 Å². The van der Waals surface area contributed by atoms with Gasteiger partial charge in [0, 0.05) is 24.5 Å². The Morgan fingerprint density at radius 3 is 3.05 bits per heavy atom. The van der Waals surface area contributed by atoms with Crippen LogP contribution in [0.1, 0.15) is 11.3 Å². The van der Waals surface area contributed by atoms with E-state index in [9.17, 15) is 4.79 Å². The van der Waals surface area contributed by atoms with Gasteiger partial charge in [0.25, 0.3) is 5.91 Å². The normalized spacial score (nSPS) is 13.1. The van der Waals surface area contributed by atoms with Crippen molar-refractivity contribution in [1.82, 2.24) is 4.98 Å². The van der Waals surface area contributed by atoms with Gasteiger partial charge in [-0.2, -0.15) is 0 Å². The zero-order valence-electron chi connectivity index (χ0n) is 11.4. The van der Waals surface area contributed by atoms with Crippen LogP contribution in [0, 0.1) is 6.92 Å². The van der Waals surface area contributed by atoms with Gasteiger partial charge in [-0.05, 0) is 24.6 Å². The molecule has 0 fully saturated rings. The average Bonchev–Trinajstić information content (AvgIpc) is 2.47. The first-order valence-electron chi connectivity index (χ1n) is 6.53. The summed E-state index contributed by atoms with van der Waals surface area (Å²) in [5.41, 5.74) is 3.39. The van der Waals surface area contributed by atoms with Gasteiger partial charge in [0.15, 0.2) is 6.61 Å². The molecule has 0 saturated heterocycles. The fourth-order valence-electron chi connectivity index (χ4n) is 2.04. The average molecular weight is 304 g/mol. The highest BCUT2D eigenvalue weighted by Crippen LogP contribution is 2.36. The molecule has 2 aromatic rings. The Morgan fingerprint density at radius 1 is 1.43 bits per heavy atom. The van der Waals surface area contributed by atoms with Crippen LogP contribution in [0.2, 0.25) is 5.02 Å². The number of hydrogen-bond donors (Lipinski definition) is 2. The number of rotatable bonds is 3. The van der Waals surface area contributed by atoms with Gasteiger partial charge >= 0.3 is 0 Å². The second-order valence-corrected chi connectivity index (χ2v) is 5.23. The van der Waals surface area contributed by atoms with E-state index in [1.165, 1.54) is 0 Å². The first kappa shape index (κ1) is 13.7. The first-order valence-corrected chi connectivity index (χ1v) is 6.91. The quantitative estimate of drug-likeness (QED) is 0.915. The minimum absolute atomic E-state index is 0.0238. The second kappa shape index (κ2) is 5.61. The van der Waals surface area contributed by atoms with E-state index in [0.717, 1.165) is 16.9 Å². The summed E-state index contributed by atoms with van der Waals surface area (Å²) >= 11 is 6.22. The summed E-state index contributed by atoms with van der Waals surface area (Å²) in [6.45, 7) is 2.58. The maximum Gasteiger partial charge on any atom is 0.262 e. The van der Waals surface area contributed by atoms with E-state index in [4.69, 9.17) is 16.3 Å². The summed E-state index contributed by atoms with van der Waals surface area (Å²) < 4.78 is 5.38. The lowest BCUT2D eigenvalue weighted by molar-refractivity contribution is -0.118. The molecule has 108 valence electrons. The maximum absolute atomic E-state index is 11.3. The van der Waals surface area contributed by atoms with Crippen LogP contribution in [0.15, 0.2) is 30.5 Å². The smallest absolute Gasteiger partial charge is 0.262 e. The lowest BCUT2D eigenvalue weighted by Gasteiger charge is -2.20. The Kier molecular flexibility index (Phi) is 3.66. The number of anilines is 2. The van der Waals surface area contributed by atoms with E-state index >= 15 is 0 Å². The SMILES string of the molecule is Cc1ccc(CNc2cc3c(cc2Cl)NC(=O)CO3)cn1. The van der Waals surface area contributed by atoms with E-state index in [1.54, 1.807) is 12.1 Å². The fourth-order valence-corrected chi connectivity index (χ4v) is 2.27. The van der Waals surface area contributed by atoms with Crippen LogP contribution < -0.4 is 15.4 Å². The number of carbonyl (C=O) groups is 1. The van der Waals surface area contributed by atoms with Gasteiger partial charge < -0.3 is 15.4 Å². The van der Waals surface area contributed by atoms with Gasteiger partial charge in [-0.25, -0.2) is 0 Å². The van der Waals surface area contributed by atoms with Crippen LogP contribution in [-0.2, 0) is 11.3 Å². The number of nitrogens with one attached hydrogen (secondary N) is 2. The number of halogens is 1. The molecule has 2 N–H and O–H groups in total. The second-order valence-electron chi connectivity index (χ2n) is 4.83. The number of pyridine rings is 1. The van der Waals surface area contributed by atoms with Crippen LogP contribution in [0.25, 0.3) is 0 Å². The molecule has 2 heterocycles. The Bertz CT molecular complexity index is 686. The number of aromatic nitrogens is 1. The molecule has 1 aliphatic heterocycles. The highest BCUT2D eigenvalue weighted by Gasteiger charge is 2.18. The number of ether oxygens (including phenoxy) is 1. The summed E-state index contributed by atoms with van der Waals surface area (Å²) in [6.07, 6.45) is 1.82. The molecule has 3 rings (SSSR count). The van der Waals surface area contributed by atoms with Gasteiger partial charge in [-0.3, -0.25) is 9.78 Å². The van der Waals surface area contributed by atoms with Crippen molar-refractivity contribution in [2.45, 2.75) is 13.5 Å². The van der Waals surface area contributed by atoms with Crippen LogP contribution in [0.4, 0.5) is 11.4 Å². The van der Waals surface area contributed by atoms with Gasteiger partial charge in [-0.15, -0.1) is 0 Å². The van der Waals surface area contributed by atoms with Crippen molar-refractivity contribution in [3.05, 3.63) is 46.7 Å². The molecule has 0 radical (unpaired) electrons. The number of carbonyl (C=O) groups excluding carboxylic acids is 1. The van der Waals surface area contributed by atoms with Crippen molar-refractivity contribution in [3.63, 3.8) is 0 Å². The molecule has 0 aliphatic carbocycles. The van der Waals surface area contributed by atoms with E-state index in [-0.39, 0.29) is 12.5 Å². The fraction of sp³-hybridized carbons (Fsp3) is 0.200. The summed E-state index contributed by atoms with van der Waals surface area (Å²) in [4.78, 5) is 15.5. The molecule has 1 aliphatic rings. The Labute approximate surface area is 127 Å². The number of amides is 1. The molecule has 6 heteroatoms. The number of aryl methyl sites for hydroxylation is 1. The number of benzene rings is 1. The zero-order valence-corrected chi connectivity index (χ0v) is 12.2. The minimum Gasteiger partial charge on any atom is -0.482 e. The van der Waals surface area contributed by atoms with Gasteiger partial charge in [0.05, 0.1) is 16.4 Å². The molecule has 0 bridgehead atoms. The maximum atomic E-state index is 11.3. The number of hydrogen-bond acceptors (Lipinski definition) is 4. The number of fused-ring (bicyclic) bond motifs is 1. The van der Waals surface area contributed by atoms with Crippen LogP contribution in [0.3, 0.4) is 0 Å². The summed E-state index contributed by atoms with van der Waals surface area (Å²) in [6, 6.07) is 7.45. The van der Waals surface area contributed by atoms with E-state index < -0.39 is 0 Å². The Balaban J connectivity index is 1.76. The molecule has 5 nitrogen and oxygen atoms in total. The van der Waals surface area contributed by atoms with Crippen molar-refractivity contribution < 1.29 is 9.53 Å². The van der Waals surface area contributed by atoms with Crippen molar-refractivity contribution in [2.24, 2.45) is 0 Å². The predicted molar refractivity (Wildman–Crippen MR) is 81.9 cm³/mol. The molecule has 0 saturated carbocycles. The van der Waals surface area contributed by atoms with E-state index in [0.29, 0.717) is 23.0 Å². The first-order chi connectivity index (χ1) is 10.1. The molecule has 21 heavy (non-hydrogen) atoms. The third-order valence-corrected chi connectivity index (χ3v) is 3.47. The van der Waals surface area contributed by atoms with Gasteiger partial charge in [0.2, 0.25) is 0 Å². The number of nitrogens with zero attached hydrogens (tertiary/aromatic N) is 1. The van der Waals surface area contributed by atoms with Crippen LogP contribution >= 0.6 is 11.6 Å². The van der Waals surface area contributed by atoms with Crippen LogP contribution in [0.5, 0.6) is 5.75 Å². The summed E-state index contributed by atoms with van der Waals surface area (Å²) in [5.74, 6) is 0.438. The monoisotopic (exact) mass is 303 g/mol. The molecule has 1 amide bonds. The lowest BCUT2D eigenvalue weighted by Crippen LogP contribution is -2.25. The highest BCUT2D eigenvalue weighted by atomic mass is 35.5. The van der Waals surface area contributed by atoms with Crippen LogP contribution in [-0.4, -0.2) is 17.5 Å². The van der Waals surface area contributed by atoms with Crippen molar-refractivity contribution in [1.29, 1.82) is 0 Å². The molecule has 0 unspecified atom stereocenters. The topological polar surface area (TPSA) is 63.2 Å². The Morgan fingerprint density at radius 2 is 2.29 bits per heavy atom. The molecule has 1 aromatic heterocycles. The third-order valence-electron chi connectivity index (χ3n) is 3.16. The van der Waals surface area contributed by atoms with Gasteiger partial charge in [0.1, 0.15) is 5.75 Å². The predicted octanol–water partition coefficient (Wildman–Crippen LogP) is 2.99. The largest absolute Gasteiger partial charge is 0.482 e. The zero-order chi connectivity index (χ0) is 14.8. The van der Waals surface area contributed by atoms with Crippen molar-refractivity contribution >= 4 is 28.9 Å². The molecule has 0 spiro atoms. The Hall–Kier alpha value is -2.27. The summed E-state index contributed by atoms with van der Waals surface area (Å²) in [7, 11) is 0. The highest BCUT2D eigenvalue weighted by molar-refractivity contribution is 6.33. The van der Waals surface area contributed by atoms with E-state index in [1.807, 2.05) is 25.3 Å². The third kappa shape index (κ3) is 3.08. The standard InChI is InChI=1S/C15H14ClN3O2/c1-9-2-3-10(6-17-9)7-18-12-5-14-13(4-11(12)16)19-15(20)8-21-14/h2-6,18H,7-8H2,1H3,(H,19,20). The molecule has 0 atom stereocenters. The lowest BCUT2D eigenvalue weighted by atomic mass is 10.2. The summed E-state index contributed by atoms with van der Waals surface area (Å²) in [5, 5.41) is 6.49. The van der Waals surface area contributed by atoms with Crippen molar-refractivity contribution in [2.75, 3.05) is 17.2 Å². The molecular formula is C15H14ClN3O2. The minimum atomic E-state index is -0.176. The van der Waals surface area contributed by atoms with E-state index in [2.05, 4.69) is 15.6 Å². The van der Waals surface area contributed by atoms with Crippen molar-refractivity contribution in [3.8, 4) is 5.75 Å². The molecule has 1 aromatic carbocycles.